The summed E-state index contributed by atoms with van der Waals surface area (Å²) in [7, 11) is 1.61. The van der Waals surface area contributed by atoms with Crippen LogP contribution in [0, 0.1) is 13.8 Å². The average Bonchev–Trinajstić information content (AvgIpc) is 2.85. The van der Waals surface area contributed by atoms with Gasteiger partial charge in [-0.3, -0.25) is 4.79 Å². The molecular weight excluding hydrogens is 312 g/mol. The van der Waals surface area contributed by atoms with Crippen LogP contribution in [0.1, 0.15) is 60.6 Å². The van der Waals surface area contributed by atoms with E-state index < -0.39 is 5.54 Å². The van der Waals surface area contributed by atoms with Crippen LogP contribution in [0.25, 0.3) is 0 Å². The van der Waals surface area contributed by atoms with Gasteiger partial charge in [-0.05, 0) is 33.6 Å². The molecule has 0 unspecified atom stereocenters. The Morgan fingerprint density at radius 3 is 2.39 bits per heavy atom. The highest BCUT2D eigenvalue weighted by Crippen LogP contribution is 2.29. The lowest BCUT2D eigenvalue weighted by atomic mass is 9.81. The minimum atomic E-state index is -0.788. The summed E-state index contributed by atoms with van der Waals surface area (Å²) in [5, 5.41) is 9.51. The number of aromatic nitrogens is 1. The van der Waals surface area contributed by atoms with E-state index in [1.165, 1.54) is 0 Å². The molecule has 1 aliphatic carbocycles. The summed E-state index contributed by atoms with van der Waals surface area (Å²) in [6.45, 7) is 5.87. The van der Waals surface area contributed by atoms with E-state index in [0.717, 1.165) is 34.8 Å². The van der Waals surface area contributed by atoms with Crippen LogP contribution in [0.3, 0.4) is 0 Å². The monoisotopic (exact) mass is 338 g/mol. The summed E-state index contributed by atoms with van der Waals surface area (Å²) in [4.78, 5) is 30.3. The van der Waals surface area contributed by atoms with Crippen LogP contribution in [0.2, 0.25) is 0 Å². The van der Waals surface area contributed by atoms with E-state index in [9.17, 15) is 9.59 Å². The molecule has 0 radical (unpaired) electrons. The molecule has 0 aromatic carbocycles. The number of nitrogens with zero attached hydrogens (tertiary/aromatic N) is 1. The van der Waals surface area contributed by atoms with E-state index in [1.807, 2.05) is 20.8 Å². The second-order valence-electron chi connectivity index (χ2n) is 6.22. The number of aryl methyl sites for hydroxylation is 2. The maximum atomic E-state index is 12.4. The topological polar surface area (TPSA) is 83.1 Å². The van der Waals surface area contributed by atoms with Crippen molar-refractivity contribution in [2.24, 2.45) is 0 Å². The Morgan fingerprint density at radius 2 is 1.87 bits per heavy atom. The van der Waals surface area contributed by atoms with Crippen molar-refractivity contribution < 1.29 is 9.59 Å². The molecule has 1 atom stereocenters. The molecule has 3 amide bonds. The van der Waals surface area contributed by atoms with E-state index in [2.05, 4.69) is 20.9 Å². The van der Waals surface area contributed by atoms with Crippen molar-refractivity contribution in [3.63, 3.8) is 0 Å². The third-order valence-electron chi connectivity index (χ3n) is 4.42. The predicted octanol–water partition coefficient (Wildman–Crippen LogP) is 2.57. The minimum Gasteiger partial charge on any atom is -0.357 e. The summed E-state index contributed by atoms with van der Waals surface area (Å²) in [5.74, 6) is -0.110. The number of carbonyl (C=O) groups is 2. The Kier molecular flexibility index (Phi) is 5.62. The lowest BCUT2D eigenvalue weighted by Crippen LogP contribution is -2.61. The van der Waals surface area contributed by atoms with Crippen molar-refractivity contribution in [3.8, 4) is 0 Å². The maximum Gasteiger partial charge on any atom is 0.316 e. The summed E-state index contributed by atoms with van der Waals surface area (Å²) in [5.41, 5.74) is 0.101. The van der Waals surface area contributed by atoms with Gasteiger partial charge in [0.1, 0.15) is 5.54 Å². The third-order valence-corrected chi connectivity index (χ3v) is 5.32. The number of amides is 3. The third kappa shape index (κ3) is 4.02. The van der Waals surface area contributed by atoms with Gasteiger partial charge in [0, 0.05) is 11.9 Å². The summed E-state index contributed by atoms with van der Waals surface area (Å²) in [6, 6.07) is -0.502. The Hall–Kier alpha value is -1.63. The molecule has 7 heteroatoms. The molecule has 0 aliphatic heterocycles. The Balaban J connectivity index is 2.04. The Morgan fingerprint density at radius 1 is 1.22 bits per heavy atom. The predicted molar refractivity (Wildman–Crippen MR) is 91.6 cm³/mol. The van der Waals surface area contributed by atoms with Crippen molar-refractivity contribution in [2.45, 2.75) is 64.5 Å². The van der Waals surface area contributed by atoms with Gasteiger partial charge in [0.15, 0.2) is 0 Å². The first-order valence-electron chi connectivity index (χ1n) is 8.13. The molecule has 1 saturated carbocycles. The van der Waals surface area contributed by atoms with E-state index in [1.54, 1.807) is 18.4 Å². The standard InChI is InChI=1S/C16H26N4O2S/c1-10(13-11(2)23-12(3)19-13)18-15(22)20-16(14(21)17-4)8-6-5-7-9-16/h10H,5-9H2,1-4H3,(H,17,21)(H2,18,20,22)/t10-/m0/s1. The number of urea groups is 1. The Labute approximate surface area is 141 Å². The molecule has 1 heterocycles. The number of hydrogen-bond acceptors (Lipinski definition) is 4. The second kappa shape index (κ2) is 7.29. The van der Waals surface area contributed by atoms with Crippen LogP contribution in [-0.2, 0) is 4.79 Å². The fraction of sp³-hybridized carbons (Fsp3) is 0.688. The smallest absolute Gasteiger partial charge is 0.316 e. The second-order valence-corrected chi connectivity index (χ2v) is 7.62. The van der Waals surface area contributed by atoms with E-state index in [0.29, 0.717) is 12.8 Å². The first-order chi connectivity index (χ1) is 10.9. The molecule has 0 saturated heterocycles. The lowest BCUT2D eigenvalue weighted by Gasteiger charge is -2.36. The number of hydrogen-bond donors (Lipinski definition) is 3. The van der Waals surface area contributed by atoms with Gasteiger partial charge in [-0.2, -0.15) is 0 Å². The zero-order valence-electron chi connectivity index (χ0n) is 14.3. The van der Waals surface area contributed by atoms with Crippen LogP contribution < -0.4 is 16.0 Å². The van der Waals surface area contributed by atoms with Crippen LogP contribution in [0.5, 0.6) is 0 Å². The molecule has 128 valence electrons. The average molecular weight is 338 g/mol. The molecule has 23 heavy (non-hydrogen) atoms. The zero-order chi connectivity index (χ0) is 17.0. The van der Waals surface area contributed by atoms with Gasteiger partial charge in [0.05, 0.1) is 16.7 Å². The fourth-order valence-corrected chi connectivity index (χ4v) is 4.18. The number of nitrogens with one attached hydrogen (secondary N) is 3. The highest BCUT2D eigenvalue weighted by molar-refractivity contribution is 7.11. The van der Waals surface area contributed by atoms with Gasteiger partial charge in [-0.1, -0.05) is 19.3 Å². The number of likely N-dealkylation sites (N-methyl/N-ethyl adjacent to an activating group) is 1. The molecule has 0 bridgehead atoms. The molecule has 1 fully saturated rings. The molecule has 1 aromatic heterocycles. The van der Waals surface area contributed by atoms with Crippen molar-refractivity contribution in [1.82, 2.24) is 20.9 Å². The van der Waals surface area contributed by atoms with Crippen molar-refractivity contribution in [3.05, 3.63) is 15.6 Å². The maximum absolute atomic E-state index is 12.4. The van der Waals surface area contributed by atoms with Gasteiger partial charge in [0.2, 0.25) is 5.91 Å². The molecule has 6 nitrogen and oxygen atoms in total. The molecule has 2 rings (SSSR count). The normalized spacial score (nSPS) is 18.1. The number of carbonyl (C=O) groups excluding carboxylic acids is 2. The Bertz CT molecular complexity index is 579. The van der Waals surface area contributed by atoms with Crippen LogP contribution >= 0.6 is 11.3 Å². The summed E-state index contributed by atoms with van der Waals surface area (Å²) < 4.78 is 0. The van der Waals surface area contributed by atoms with Gasteiger partial charge < -0.3 is 16.0 Å². The first-order valence-corrected chi connectivity index (χ1v) is 8.94. The largest absolute Gasteiger partial charge is 0.357 e. The van der Waals surface area contributed by atoms with Crippen molar-refractivity contribution in [2.75, 3.05) is 7.05 Å². The quantitative estimate of drug-likeness (QED) is 0.789. The van der Waals surface area contributed by atoms with Crippen molar-refractivity contribution >= 4 is 23.3 Å². The van der Waals surface area contributed by atoms with Crippen LogP contribution in [0.15, 0.2) is 0 Å². The SMILES string of the molecule is CNC(=O)C1(NC(=O)N[C@@H](C)c2nc(C)sc2C)CCCCC1. The molecule has 0 spiro atoms. The zero-order valence-corrected chi connectivity index (χ0v) is 15.1. The van der Waals surface area contributed by atoms with E-state index in [-0.39, 0.29) is 18.0 Å². The van der Waals surface area contributed by atoms with Crippen molar-refractivity contribution in [1.29, 1.82) is 0 Å². The van der Waals surface area contributed by atoms with E-state index in [4.69, 9.17) is 0 Å². The summed E-state index contributed by atoms with van der Waals surface area (Å²) in [6.07, 6.45) is 4.38. The van der Waals surface area contributed by atoms with Gasteiger partial charge in [-0.15, -0.1) is 11.3 Å². The van der Waals surface area contributed by atoms with Gasteiger partial charge in [0.25, 0.3) is 0 Å². The number of rotatable bonds is 4. The number of thiazole rings is 1. The van der Waals surface area contributed by atoms with Gasteiger partial charge in [-0.25, -0.2) is 9.78 Å². The molecule has 3 N–H and O–H groups in total. The minimum absolute atomic E-state index is 0.110. The lowest BCUT2D eigenvalue weighted by molar-refractivity contribution is -0.128. The van der Waals surface area contributed by atoms with E-state index >= 15 is 0 Å². The highest BCUT2D eigenvalue weighted by Gasteiger charge is 2.40. The highest BCUT2D eigenvalue weighted by atomic mass is 32.1. The van der Waals surface area contributed by atoms with Crippen LogP contribution in [-0.4, -0.2) is 29.5 Å². The molecule has 1 aliphatic rings. The van der Waals surface area contributed by atoms with Gasteiger partial charge >= 0.3 is 6.03 Å². The summed E-state index contributed by atoms with van der Waals surface area (Å²) >= 11 is 1.62. The van der Waals surface area contributed by atoms with Crippen LogP contribution in [0.4, 0.5) is 4.79 Å². The first kappa shape index (κ1) is 17.7. The molecular formula is C16H26N4O2S. The fourth-order valence-electron chi connectivity index (χ4n) is 3.27. The molecule has 1 aromatic rings.